The zero-order valence-electron chi connectivity index (χ0n) is 16.0. The maximum absolute atomic E-state index is 12.8. The standard InChI is InChI=1S/C22H20Cl2N2O3/c1-22(2)9-15-18(16(27)10-22)17-14(23)8-13(19(24)20(17)25-15)7-11-3-5-12(6-4-11)21(28)26-29/h3-6,8,25,29H,7,9-10H2,1-2H3,(H,26,28). The summed E-state index contributed by atoms with van der Waals surface area (Å²) in [6, 6.07) is 8.66. The first-order chi connectivity index (χ1) is 13.7. The van der Waals surface area contributed by atoms with E-state index < -0.39 is 5.91 Å². The van der Waals surface area contributed by atoms with E-state index in [1.807, 2.05) is 6.07 Å². The highest BCUT2D eigenvalue weighted by Crippen LogP contribution is 2.43. The lowest BCUT2D eigenvalue weighted by Crippen LogP contribution is -2.26. The second kappa shape index (κ2) is 7.17. The third-order valence-electron chi connectivity index (χ3n) is 5.40. The molecule has 1 aliphatic rings. The number of benzene rings is 2. The molecule has 29 heavy (non-hydrogen) atoms. The van der Waals surface area contributed by atoms with Crippen LogP contribution in [0.4, 0.5) is 0 Å². The van der Waals surface area contributed by atoms with E-state index in [0.717, 1.165) is 23.2 Å². The van der Waals surface area contributed by atoms with Crippen LogP contribution in [-0.2, 0) is 12.8 Å². The molecule has 0 aliphatic heterocycles. The average Bonchev–Trinajstić information content (AvgIpc) is 3.05. The third-order valence-corrected chi connectivity index (χ3v) is 6.13. The molecule has 0 radical (unpaired) electrons. The highest BCUT2D eigenvalue weighted by molar-refractivity contribution is 6.42. The number of amides is 1. The zero-order valence-corrected chi connectivity index (χ0v) is 17.5. The molecule has 150 valence electrons. The molecule has 1 aromatic heterocycles. The van der Waals surface area contributed by atoms with Gasteiger partial charge in [0.15, 0.2) is 5.78 Å². The van der Waals surface area contributed by atoms with E-state index in [-0.39, 0.29) is 11.2 Å². The largest absolute Gasteiger partial charge is 0.356 e. The number of fused-ring (bicyclic) bond motifs is 3. The van der Waals surface area contributed by atoms with E-state index in [1.54, 1.807) is 29.7 Å². The molecule has 1 amide bonds. The van der Waals surface area contributed by atoms with Crippen molar-refractivity contribution < 1.29 is 14.8 Å². The lowest BCUT2D eigenvalue weighted by atomic mass is 9.76. The maximum atomic E-state index is 12.8. The van der Waals surface area contributed by atoms with Gasteiger partial charge in [0.2, 0.25) is 0 Å². The second-order valence-electron chi connectivity index (χ2n) is 8.32. The minimum absolute atomic E-state index is 0.0889. The summed E-state index contributed by atoms with van der Waals surface area (Å²) >= 11 is 13.3. The van der Waals surface area contributed by atoms with Crippen molar-refractivity contribution in [2.24, 2.45) is 5.41 Å². The Morgan fingerprint density at radius 3 is 2.55 bits per heavy atom. The molecule has 3 N–H and O–H groups in total. The molecule has 0 fully saturated rings. The topological polar surface area (TPSA) is 82.2 Å². The number of halogens is 2. The van der Waals surface area contributed by atoms with Crippen molar-refractivity contribution in [1.29, 1.82) is 0 Å². The fraction of sp³-hybridized carbons (Fsp3) is 0.273. The third kappa shape index (κ3) is 3.54. The van der Waals surface area contributed by atoms with Crippen LogP contribution in [0.5, 0.6) is 0 Å². The summed E-state index contributed by atoms with van der Waals surface area (Å²) in [5, 5.41) is 10.5. The maximum Gasteiger partial charge on any atom is 0.274 e. The second-order valence-corrected chi connectivity index (χ2v) is 9.10. The van der Waals surface area contributed by atoms with Crippen molar-refractivity contribution in [2.45, 2.75) is 33.1 Å². The number of H-pyrrole nitrogens is 1. The number of nitrogens with one attached hydrogen (secondary N) is 2. The molecule has 0 bridgehead atoms. The molecular formula is C22H20Cl2N2O3. The molecule has 2 aromatic carbocycles. The van der Waals surface area contributed by atoms with Crippen LogP contribution in [0.15, 0.2) is 30.3 Å². The molecule has 4 rings (SSSR count). The van der Waals surface area contributed by atoms with Gasteiger partial charge in [0.05, 0.1) is 15.6 Å². The molecule has 5 nitrogen and oxygen atoms in total. The number of rotatable bonds is 3. The Labute approximate surface area is 178 Å². The van der Waals surface area contributed by atoms with Crippen LogP contribution in [0.2, 0.25) is 10.0 Å². The molecule has 7 heteroatoms. The van der Waals surface area contributed by atoms with Crippen LogP contribution in [0, 0.1) is 5.41 Å². The molecule has 0 unspecified atom stereocenters. The number of hydrogen-bond acceptors (Lipinski definition) is 3. The van der Waals surface area contributed by atoms with Gasteiger partial charge in [-0.05, 0) is 47.6 Å². The fourth-order valence-electron chi connectivity index (χ4n) is 4.10. The first-order valence-electron chi connectivity index (χ1n) is 9.28. The lowest BCUT2D eigenvalue weighted by molar-refractivity contribution is 0.0706. The number of carbonyl (C=O) groups excluding carboxylic acids is 2. The van der Waals surface area contributed by atoms with Crippen molar-refractivity contribution in [3.63, 3.8) is 0 Å². The molecule has 1 aliphatic carbocycles. The van der Waals surface area contributed by atoms with Gasteiger partial charge in [-0.25, -0.2) is 5.48 Å². The first kappa shape index (κ1) is 20.0. The Hall–Kier alpha value is -2.34. The Bertz CT molecular complexity index is 1150. The van der Waals surface area contributed by atoms with Crippen molar-refractivity contribution in [1.82, 2.24) is 10.5 Å². The predicted molar refractivity (Wildman–Crippen MR) is 113 cm³/mol. The number of hydrogen-bond donors (Lipinski definition) is 3. The van der Waals surface area contributed by atoms with E-state index >= 15 is 0 Å². The van der Waals surface area contributed by atoms with Gasteiger partial charge < -0.3 is 4.98 Å². The van der Waals surface area contributed by atoms with Crippen molar-refractivity contribution in [3.8, 4) is 0 Å². The van der Waals surface area contributed by atoms with E-state index in [1.165, 1.54) is 0 Å². The quantitative estimate of drug-likeness (QED) is 0.387. The summed E-state index contributed by atoms with van der Waals surface area (Å²) < 4.78 is 0. The Morgan fingerprint density at radius 1 is 1.21 bits per heavy atom. The van der Waals surface area contributed by atoms with Crippen molar-refractivity contribution in [2.75, 3.05) is 0 Å². The smallest absolute Gasteiger partial charge is 0.274 e. The van der Waals surface area contributed by atoms with E-state index in [0.29, 0.717) is 44.9 Å². The monoisotopic (exact) mass is 430 g/mol. The van der Waals surface area contributed by atoms with Gasteiger partial charge in [-0.1, -0.05) is 49.2 Å². The molecule has 0 spiro atoms. The molecule has 0 saturated carbocycles. The minimum atomic E-state index is -0.566. The summed E-state index contributed by atoms with van der Waals surface area (Å²) in [6.45, 7) is 4.16. The van der Waals surface area contributed by atoms with Crippen molar-refractivity contribution in [3.05, 3.63) is 68.3 Å². The first-order valence-corrected chi connectivity index (χ1v) is 10.0. The van der Waals surface area contributed by atoms with E-state index in [4.69, 9.17) is 28.4 Å². The molecule has 0 atom stereocenters. The fourth-order valence-corrected chi connectivity index (χ4v) is 4.68. The predicted octanol–water partition coefficient (Wildman–Crippen LogP) is 5.34. The number of aromatic amines is 1. The molecule has 3 aromatic rings. The van der Waals surface area contributed by atoms with Gasteiger partial charge in [0.1, 0.15) is 0 Å². The number of aromatic nitrogens is 1. The summed E-state index contributed by atoms with van der Waals surface area (Å²) in [7, 11) is 0. The van der Waals surface area contributed by atoms with Gasteiger partial charge in [-0.3, -0.25) is 14.8 Å². The number of hydroxylamine groups is 1. The zero-order chi connectivity index (χ0) is 20.9. The van der Waals surface area contributed by atoms with E-state index in [9.17, 15) is 9.59 Å². The minimum Gasteiger partial charge on any atom is -0.356 e. The molecule has 0 saturated heterocycles. The van der Waals surface area contributed by atoms with Crippen LogP contribution >= 0.6 is 23.2 Å². The van der Waals surface area contributed by atoms with E-state index in [2.05, 4.69) is 18.8 Å². The van der Waals surface area contributed by atoms with Crippen LogP contribution in [0.25, 0.3) is 10.9 Å². The summed E-state index contributed by atoms with van der Waals surface area (Å²) in [5.74, 6) is -0.477. The van der Waals surface area contributed by atoms with Crippen LogP contribution in [-0.4, -0.2) is 21.9 Å². The van der Waals surface area contributed by atoms with Gasteiger partial charge in [0, 0.05) is 28.6 Å². The van der Waals surface area contributed by atoms with Gasteiger partial charge in [0.25, 0.3) is 5.91 Å². The SMILES string of the molecule is CC1(C)CC(=O)c2c([nH]c3c(Cl)c(Cc4ccc(C(=O)NO)cc4)cc(Cl)c23)C1. The average molecular weight is 431 g/mol. The summed E-state index contributed by atoms with van der Waals surface area (Å²) in [5.41, 5.74) is 5.88. The Balaban J connectivity index is 1.75. The Morgan fingerprint density at radius 2 is 1.90 bits per heavy atom. The normalized spacial score (nSPS) is 15.4. The summed E-state index contributed by atoms with van der Waals surface area (Å²) in [4.78, 5) is 27.6. The molecule has 1 heterocycles. The summed E-state index contributed by atoms with van der Waals surface area (Å²) in [6.07, 6.45) is 1.76. The molecular weight excluding hydrogens is 411 g/mol. The number of carbonyl (C=O) groups is 2. The van der Waals surface area contributed by atoms with Crippen molar-refractivity contribution >= 4 is 45.8 Å². The Kier molecular flexibility index (Phi) is 4.93. The number of Topliss-reactive ketones (excluding diaryl/α,β-unsaturated/α-hetero) is 1. The van der Waals surface area contributed by atoms with Crippen LogP contribution in [0.1, 0.15) is 57.8 Å². The van der Waals surface area contributed by atoms with Gasteiger partial charge in [-0.15, -0.1) is 0 Å². The lowest BCUT2D eigenvalue weighted by Gasteiger charge is -2.28. The van der Waals surface area contributed by atoms with Gasteiger partial charge >= 0.3 is 0 Å². The highest BCUT2D eigenvalue weighted by Gasteiger charge is 2.35. The van der Waals surface area contributed by atoms with Gasteiger partial charge in [-0.2, -0.15) is 0 Å². The van der Waals surface area contributed by atoms with Crippen LogP contribution < -0.4 is 5.48 Å². The van der Waals surface area contributed by atoms with Crippen LogP contribution in [0.3, 0.4) is 0 Å². The number of ketones is 1. The highest BCUT2D eigenvalue weighted by atomic mass is 35.5.